The van der Waals surface area contributed by atoms with Crippen molar-refractivity contribution in [2.75, 3.05) is 45.9 Å². The number of pyridine rings is 1. The van der Waals surface area contributed by atoms with E-state index in [1.807, 2.05) is 45.8 Å². The highest BCUT2D eigenvalue weighted by atomic mass is 16.5. The Bertz CT molecular complexity index is 1100. The number of aromatic nitrogens is 2. The first-order valence-electron chi connectivity index (χ1n) is 12.4. The first-order valence-corrected chi connectivity index (χ1v) is 12.4. The summed E-state index contributed by atoms with van der Waals surface area (Å²) in [5.74, 6) is 1.58. The molecule has 1 amide bonds. The molecule has 0 atom stereocenters. The molecular weight excluding hydrogens is 428 g/mol. The van der Waals surface area contributed by atoms with Crippen molar-refractivity contribution in [3.63, 3.8) is 0 Å². The first-order chi connectivity index (χ1) is 16.6. The molecule has 0 unspecified atom stereocenters. The third kappa shape index (κ3) is 5.59. The normalized spacial score (nSPS) is 17.9. The van der Waals surface area contributed by atoms with Crippen LogP contribution >= 0.6 is 0 Å². The van der Waals surface area contributed by atoms with Crippen LogP contribution in [0.15, 0.2) is 48.8 Å². The van der Waals surface area contributed by atoms with E-state index in [0.29, 0.717) is 12.5 Å². The van der Waals surface area contributed by atoms with Crippen molar-refractivity contribution in [3.8, 4) is 5.75 Å². The summed E-state index contributed by atoms with van der Waals surface area (Å²) >= 11 is 0. The molecule has 2 saturated heterocycles. The molecule has 2 aliphatic rings. The van der Waals surface area contributed by atoms with Gasteiger partial charge in [-0.2, -0.15) is 0 Å². The number of hydrogen-bond acceptors (Lipinski definition) is 5. The minimum Gasteiger partial charge on any atom is -0.487 e. The second kappa shape index (κ2) is 10.6. The van der Waals surface area contributed by atoms with Gasteiger partial charge in [-0.15, -0.1) is 0 Å². The van der Waals surface area contributed by atoms with Crippen LogP contribution in [-0.2, 0) is 11.3 Å². The lowest BCUT2D eigenvalue weighted by molar-refractivity contribution is 0.0332. The van der Waals surface area contributed by atoms with Gasteiger partial charge in [-0.1, -0.05) is 6.07 Å². The largest absolute Gasteiger partial charge is 0.487 e. The Kier molecular flexibility index (Phi) is 7.11. The van der Waals surface area contributed by atoms with Gasteiger partial charge in [0.25, 0.3) is 5.91 Å². The molecule has 4 heterocycles. The average Bonchev–Trinajstić information content (AvgIpc) is 3.29. The molecule has 2 fully saturated rings. The average molecular weight is 463 g/mol. The topological polar surface area (TPSA) is 59.3 Å². The number of rotatable bonds is 7. The number of amides is 1. The number of fused-ring (bicyclic) bond motifs is 1. The molecule has 5 rings (SSSR count). The molecule has 2 aliphatic heterocycles. The summed E-state index contributed by atoms with van der Waals surface area (Å²) < 4.78 is 13.4. The van der Waals surface area contributed by atoms with E-state index in [1.165, 1.54) is 12.0 Å². The van der Waals surface area contributed by atoms with Crippen molar-refractivity contribution in [1.29, 1.82) is 0 Å². The minimum atomic E-state index is 0.119. The van der Waals surface area contributed by atoms with Crippen molar-refractivity contribution in [2.24, 2.45) is 5.92 Å². The third-order valence-electron chi connectivity index (χ3n) is 7.00. The van der Waals surface area contributed by atoms with E-state index in [0.717, 1.165) is 81.4 Å². The fourth-order valence-corrected chi connectivity index (χ4v) is 4.87. The zero-order valence-electron chi connectivity index (χ0n) is 20.0. The molecule has 0 aliphatic carbocycles. The quantitative estimate of drug-likeness (QED) is 0.535. The molecule has 7 heteroatoms. The second-order valence-electron chi connectivity index (χ2n) is 9.50. The zero-order chi connectivity index (χ0) is 23.3. The Morgan fingerprint density at radius 1 is 1.03 bits per heavy atom. The van der Waals surface area contributed by atoms with Crippen LogP contribution in [0.1, 0.15) is 40.9 Å². The van der Waals surface area contributed by atoms with E-state index in [9.17, 15) is 4.79 Å². The Morgan fingerprint density at radius 3 is 2.56 bits per heavy atom. The lowest BCUT2D eigenvalue weighted by Crippen LogP contribution is -2.40. The molecule has 0 bridgehead atoms. The maximum Gasteiger partial charge on any atom is 0.253 e. The van der Waals surface area contributed by atoms with Crippen LogP contribution in [0.25, 0.3) is 5.65 Å². The number of aryl methyl sites for hydroxylation is 1. The third-order valence-corrected chi connectivity index (χ3v) is 7.00. The number of hydrogen-bond donors (Lipinski definition) is 0. The van der Waals surface area contributed by atoms with E-state index < -0.39 is 0 Å². The molecule has 1 aromatic carbocycles. The van der Waals surface area contributed by atoms with Crippen LogP contribution < -0.4 is 4.74 Å². The van der Waals surface area contributed by atoms with Crippen molar-refractivity contribution in [1.82, 2.24) is 19.2 Å². The van der Waals surface area contributed by atoms with Gasteiger partial charge in [-0.25, -0.2) is 4.98 Å². The predicted octanol–water partition coefficient (Wildman–Crippen LogP) is 3.80. The van der Waals surface area contributed by atoms with Gasteiger partial charge in [0.2, 0.25) is 0 Å². The Hall–Kier alpha value is -2.90. The van der Waals surface area contributed by atoms with Crippen molar-refractivity contribution >= 4 is 11.6 Å². The van der Waals surface area contributed by atoms with Gasteiger partial charge < -0.3 is 18.8 Å². The van der Waals surface area contributed by atoms with Gasteiger partial charge in [0, 0.05) is 44.1 Å². The number of imidazole rings is 1. The lowest BCUT2D eigenvalue weighted by Gasteiger charge is -2.34. The number of morpholine rings is 1. The molecule has 0 N–H and O–H groups in total. The number of piperidine rings is 1. The zero-order valence-corrected chi connectivity index (χ0v) is 20.0. The SMILES string of the molecule is Cc1ccc2nc(COc3ccc(C(=O)N4CCC(CCN5CCOCC5)CC4)cc3)cn2c1. The summed E-state index contributed by atoms with van der Waals surface area (Å²) in [6.45, 7) is 9.12. The maximum atomic E-state index is 13.0. The van der Waals surface area contributed by atoms with Crippen molar-refractivity contribution in [3.05, 3.63) is 65.6 Å². The fraction of sp³-hybridized carbons (Fsp3) is 0.481. The van der Waals surface area contributed by atoms with Gasteiger partial charge in [0.05, 0.1) is 18.9 Å². The van der Waals surface area contributed by atoms with E-state index in [1.54, 1.807) is 0 Å². The van der Waals surface area contributed by atoms with Gasteiger partial charge in [-0.05, 0) is 74.5 Å². The lowest BCUT2D eigenvalue weighted by atomic mass is 9.93. The Labute approximate surface area is 201 Å². The van der Waals surface area contributed by atoms with Gasteiger partial charge in [0.1, 0.15) is 18.0 Å². The van der Waals surface area contributed by atoms with Crippen molar-refractivity contribution < 1.29 is 14.3 Å². The summed E-state index contributed by atoms with van der Waals surface area (Å²) in [4.78, 5) is 22.1. The summed E-state index contributed by atoms with van der Waals surface area (Å²) in [6.07, 6.45) is 7.45. The van der Waals surface area contributed by atoms with Gasteiger partial charge in [0.15, 0.2) is 0 Å². The number of carbonyl (C=O) groups is 1. The molecule has 0 spiro atoms. The molecule has 180 valence electrons. The van der Waals surface area contributed by atoms with E-state index in [2.05, 4.69) is 29.1 Å². The van der Waals surface area contributed by atoms with Crippen LogP contribution in [-0.4, -0.2) is 71.0 Å². The molecule has 3 aromatic rings. The summed E-state index contributed by atoms with van der Waals surface area (Å²) in [7, 11) is 0. The van der Waals surface area contributed by atoms with E-state index >= 15 is 0 Å². The molecule has 34 heavy (non-hydrogen) atoms. The Morgan fingerprint density at radius 2 is 1.79 bits per heavy atom. The fourth-order valence-electron chi connectivity index (χ4n) is 4.87. The molecular formula is C27H34N4O3. The molecule has 2 aromatic heterocycles. The van der Waals surface area contributed by atoms with Crippen LogP contribution in [0, 0.1) is 12.8 Å². The minimum absolute atomic E-state index is 0.119. The maximum absolute atomic E-state index is 13.0. The number of benzene rings is 1. The van der Waals surface area contributed by atoms with Crippen LogP contribution in [0.2, 0.25) is 0 Å². The predicted molar refractivity (Wildman–Crippen MR) is 131 cm³/mol. The number of carbonyl (C=O) groups excluding carboxylic acids is 1. The number of likely N-dealkylation sites (tertiary alicyclic amines) is 1. The molecule has 0 radical (unpaired) electrons. The molecule has 7 nitrogen and oxygen atoms in total. The second-order valence-corrected chi connectivity index (χ2v) is 9.50. The Balaban J connectivity index is 1.08. The van der Waals surface area contributed by atoms with Crippen LogP contribution in [0.3, 0.4) is 0 Å². The number of nitrogens with zero attached hydrogens (tertiary/aromatic N) is 4. The van der Waals surface area contributed by atoms with E-state index in [-0.39, 0.29) is 5.91 Å². The highest BCUT2D eigenvalue weighted by Crippen LogP contribution is 2.23. The van der Waals surface area contributed by atoms with Crippen molar-refractivity contribution in [2.45, 2.75) is 32.8 Å². The summed E-state index contributed by atoms with van der Waals surface area (Å²) in [5.41, 5.74) is 3.70. The highest BCUT2D eigenvalue weighted by molar-refractivity contribution is 5.94. The summed E-state index contributed by atoms with van der Waals surface area (Å²) in [5, 5.41) is 0. The number of ether oxygens (including phenoxy) is 2. The standard InChI is InChI=1S/C27H34N4O3/c1-21-2-7-26-28-24(19-31(26)18-21)20-34-25-5-3-23(4-6-25)27(32)30-12-9-22(10-13-30)8-11-29-14-16-33-17-15-29/h2-7,18-19,22H,8-17,20H2,1H3. The van der Waals surface area contributed by atoms with Gasteiger partial charge >= 0.3 is 0 Å². The van der Waals surface area contributed by atoms with Crippen LogP contribution in [0.4, 0.5) is 0 Å². The van der Waals surface area contributed by atoms with Gasteiger partial charge in [-0.3, -0.25) is 9.69 Å². The first kappa shape index (κ1) is 22.9. The van der Waals surface area contributed by atoms with E-state index in [4.69, 9.17) is 9.47 Å². The molecule has 0 saturated carbocycles. The highest BCUT2D eigenvalue weighted by Gasteiger charge is 2.24. The summed E-state index contributed by atoms with van der Waals surface area (Å²) in [6, 6.07) is 11.6. The smallest absolute Gasteiger partial charge is 0.253 e. The van der Waals surface area contributed by atoms with Crippen LogP contribution in [0.5, 0.6) is 5.75 Å². The monoisotopic (exact) mass is 462 g/mol.